The topological polar surface area (TPSA) is 241 Å². The van der Waals surface area contributed by atoms with Crippen molar-refractivity contribution in [3.63, 3.8) is 0 Å². The summed E-state index contributed by atoms with van der Waals surface area (Å²) in [6.07, 6.45) is 1.47. The number of rotatable bonds is 25. The number of aromatic nitrogens is 1. The van der Waals surface area contributed by atoms with Crippen LogP contribution in [0.1, 0.15) is 80.2 Å². The second kappa shape index (κ2) is 27.4. The summed E-state index contributed by atoms with van der Waals surface area (Å²) in [5.74, 6) is -0.216. The Bertz CT molecular complexity index is 3290. The van der Waals surface area contributed by atoms with E-state index in [0.717, 1.165) is 35.3 Å². The van der Waals surface area contributed by atoms with Crippen LogP contribution in [0.3, 0.4) is 0 Å². The van der Waals surface area contributed by atoms with Crippen LogP contribution in [0.5, 0.6) is 28.7 Å². The number of oxime groups is 1. The van der Waals surface area contributed by atoms with Crippen LogP contribution in [0.15, 0.2) is 101 Å². The van der Waals surface area contributed by atoms with Crippen LogP contribution in [0.4, 0.5) is 9.93 Å². The van der Waals surface area contributed by atoms with E-state index in [1.807, 2.05) is 36.4 Å². The van der Waals surface area contributed by atoms with Gasteiger partial charge in [0.2, 0.25) is 0 Å². The van der Waals surface area contributed by atoms with Gasteiger partial charge in [0.15, 0.2) is 34.2 Å². The summed E-state index contributed by atoms with van der Waals surface area (Å²) >= 11 is 16.3. The molecule has 0 bridgehead atoms. The van der Waals surface area contributed by atoms with E-state index in [0.29, 0.717) is 65.3 Å². The number of aldehydes is 1. The minimum absolute atomic E-state index is 0.00536. The second-order valence-electron chi connectivity index (χ2n) is 21.4. The Balaban J connectivity index is 1.02. The van der Waals surface area contributed by atoms with E-state index in [1.54, 1.807) is 78.5 Å². The number of esters is 1. The second-order valence-corrected chi connectivity index (χ2v) is 24.2. The molecule has 1 aromatic heterocycles. The highest BCUT2D eigenvalue weighted by Crippen LogP contribution is 2.45. The molecule has 0 spiro atoms. The first-order valence-corrected chi connectivity index (χ1v) is 29.4. The third-order valence-electron chi connectivity index (χ3n) is 13.7. The fourth-order valence-electron chi connectivity index (χ4n) is 9.30. The zero-order valence-corrected chi connectivity index (χ0v) is 50.8. The van der Waals surface area contributed by atoms with Gasteiger partial charge in [-0.3, -0.25) is 29.4 Å². The molecule has 0 unspecified atom stereocenters. The number of carbonyl (C=O) groups is 6. The van der Waals surface area contributed by atoms with Gasteiger partial charge in [-0.1, -0.05) is 64.8 Å². The highest BCUT2D eigenvalue weighted by molar-refractivity contribution is 8.00. The number of anilines is 1. The normalized spacial score (nSPS) is 16.6. The molecule has 4 heterocycles. The SMILES string of the molecule is COc1ccc(COC(=O)C2=C(C[N+]3(CCNC(=O)c4cc(Cl)c(OCc5ccc(OC)cc5)c(OCc5ccc(OC)cc5)c4Cl)CCCC3)CS[C@@H]3[C@H](NC(=O)/C(=N\OC(C)(C)C=O)c4csc(NC(=O)OC(C)(C)C)n4)C(=O)N23)cc1. The number of carbonyl (C=O) groups excluding carboxylic acids is 6. The van der Waals surface area contributed by atoms with Gasteiger partial charge in [-0.05, 0) is 93.8 Å². The molecular weight excluding hydrogens is 1170 g/mol. The standard InChI is InChI=1S/C59H65Cl2N7O14S2/c1-58(2,3)81-57(74)65-56-63-44(33-84-56)46(66-82-59(4,5)34-69)52(71)64-47-53(72)67-48(55(73)80-31-37-15-21-41(77-8)22-16-37)38(32-83-54(47)67)28-68(24-9-10-25-68)26-23-62-51(70)42-27-43(60)49(78-29-35-11-17-39(75-6)18-12-35)50(45(42)61)79-30-36-13-19-40(76-7)20-14-36/h11-22,27,33-34,47,54H,9-10,23-26,28-32H2,1-8H3,(H2-,62,63,64,65,70,71,74)/p+1/b66-46-/t47-,54-/m1/s1. The summed E-state index contributed by atoms with van der Waals surface area (Å²) in [4.78, 5) is 93.1. The van der Waals surface area contributed by atoms with Crippen LogP contribution < -0.4 is 39.6 Å². The zero-order chi connectivity index (χ0) is 60.3. The number of amides is 4. The van der Waals surface area contributed by atoms with Gasteiger partial charge in [0.25, 0.3) is 17.7 Å². The molecule has 2 fully saturated rings. The van der Waals surface area contributed by atoms with Crippen molar-refractivity contribution < 1.29 is 71.2 Å². The molecule has 5 aromatic rings. The minimum Gasteiger partial charge on any atom is -0.497 e. The number of nitrogens with zero attached hydrogens (tertiary/aromatic N) is 4. The quantitative estimate of drug-likeness (QED) is 0.0123. The molecule has 25 heteroatoms. The number of thiazole rings is 1. The van der Waals surface area contributed by atoms with Gasteiger partial charge in [-0.2, -0.15) is 0 Å². The van der Waals surface area contributed by atoms with Gasteiger partial charge in [0, 0.05) is 29.5 Å². The number of nitrogens with one attached hydrogen (secondary N) is 3. The molecule has 3 N–H and O–H groups in total. The van der Waals surface area contributed by atoms with E-state index >= 15 is 0 Å². The van der Waals surface area contributed by atoms with Gasteiger partial charge in [-0.15, -0.1) is 23.1 Å². The van der Waals surface area contributed by atoms with Gasteiger partial charge in [0.1, 0.15) is 72.0 Å². The van der Waals surface area contributed by atoms with Crippen molar-refractivity contribution in [2.45, 2.75) is 89.9 Å². The van der Waals surface area contributed by atoms with Crippen LogP contribution in [-0.4, -0.2) is 139 Å². The average Bonchev–Trinajstić information content (AvgIpc) is 1.04. The van der Waals surface area contributed by atoms with Crippen LogP contribution in [0, 0.1) is 0 Å². The van der Waals surface area contributed by atoms with Gasteiger partial charge >= 0.3 is 12.1 Å². The van der Waals surface area contributed by atoms with E-state index in [1.165, 1.54) is 42.0 Å². The summed E-state index contributed by atoms with van der Waals surface area (Å²) in [7, 11) is 4.71. The zero-order valence-electron chi connectivity index (χ0n) is 47.7. The molecule has 21 nitrogen and oxygen atoms in total. The van der Waals surface area contributed by atoms with Crippen molar-refractivity contribution >= 4 is 93.2 Å². The molecule has 84 heavy (non-hydrogen) atoms. The number of hydrogen-bond acceptors (Lipinski definition) is 18. The first-order valence-electron chi connectivity index (χ1n) is 26.8. The van der Waals surface area contributed by atoms with Crippen molar-refractivity contribution in [2.24, 2.45) is 5.16 Å². The lowest BCUT2D eigenvalue weighted by molar-refractivity contribution is -0.911. The molecule has 0 aliphatic carbocycles. The predicted octanol–water partition coefficient (Wildman–Crippen LogP) is 9.12. The number of ether oxygens (including phenoxy) is 7. The number of hydrogen-bond donors (Lipinski definition) is 3. The van der Waals surface area contributed by atoms with Crippen molar-refractivity contribution in [2.75, 3.05) is 65.1 Å². The number of benzene rings is 4. The third-order valence-corrected chi connectivity index (χ3v) is 16.4. The maximum absolute atomic E-state index is 14.5. The van der Waals surface area contributed by atoms with Crippen LogP contribution in [0.25, 0.3) is 0 Å². The molecule has 8 rings (SSSR count). The molecule has 2 atom stereocenters. The largest absolute Gasteiger partial charge is 0.497 e. The third kappa shape index (κ3) is 15.6. The molecule has 446 valence electrons. The first-order chi connectivity index (χ1) is 40.1. The lowest BCUT2D eigenvalue weighted by Crippen LogP contribution is -2.71. The summed E-state index contributed by atoms with van der Waals surface area (Å²) in [5.41, 5.74) is 0.411. The summed E-state index contributed by atoms with van der Waals surface area (Å²) in [5, 5.41) is 13.2. The fourth-order valence-corrected chi connectivity index (χ4v) is 11.9. The maximum atomic E-state index is 14.5. The average molecular weight is 1230 g/mol. The monoisotopic (exact) mass is 1230 g/mol. The number of methoxy groups -OCH3 is 3. The number of quaternary nitrogens is 1. The minimum atomic E-state index is -1.45. The van der Waals surface area contributed by atoms with Crippen LogP contribution >= 0.6 is 46.3 Å². The van der Waals surface area contributed by atoms with Crippen molar-refractivity contribution in [1.82, 2.24) is 20.5 Å². The summed E-state index contributed by atoms with van der Waals surface area (Å²) in [6.45, 7) is 10.4. The van der Waals surface area contributed by atoms with Crippen LogP contribution in [-0.2, 0) is 53.3 Å². The predicted molar refractivity (Wildman–Crippen MR) is 317 cm³/mol. The Kier molecular flexibility index (Phi) is 20.4. The summed E-state index contributed by atoms with van der Waals surface area (Å²) in [6, 6.07) is 21.9. The number of halogens is 2. The van der Waals surface area contributed by atoms with Crippen molar-refractivity contribution in [1.29, 1.82) is 0 Å². The van der Waals surface area contributed by atoms with Gasteiger partial charge < -0.3 is 53.1 Å². The van der Waals surface area contributed by atoms with Crippen LogP contribution in [0.2, 0.25) is 10.0 Å². The van der Waals surface area contributed by atoms with E-state index in [4.69, 9.17) is 61.2 Å². The van der Waals surface area contributed by atoms with Crippen molar-refractivity contribution in [3.8, 4) is 28.7 Å². The Labute approximate surface area is 504 Å². The number of likely N-dealkylation sites (tertiary alicyclic amines) is 1. The van der Waals surface area contributed by atoms with E-state index in [-0.39, 0.29) is 81.5 Å². The molecule has 3 aliphatic rings. The van der Waals surface area contributed by atoms with Crippen molar-refractivity contribution in [3.05, 3.63) is 134 Å². The molecule has 4 amide bonds. The smallest absolute Gasteiger partial charge is 0.413 e. The van der Waals surface area contributed by atoms with Gasteiger partial charge in [-0.25, -0.2) is 14.6 Å². The summed E-state index contributed by atoms with van der Waals surface area (Å²) < 4.78 is 40.2. The number of β-lactam (4-membered cyclic amide) rings is 1. The molecule has 0 saturated carbocycles. The molecule has 3 aliphatic heterocycles. The molecule has 4 aromatic carbocycles. The molecule has 2 saturated heterocycles. The maximum Gasteiger partial charge on any atom is 0.413 e. The van der Waals surface area contributed by atoms with Gasteiger partial charge in [0.05, 0.1) is 63.1 Å². The molecule has 0 radical (unpaired) electrons. The highest BCUT2D eigenvalue weighted by atomic mass is 35.5. The Hall–Kier alpha value is -7.57. The number of fused-ring (bicyclic) bond motifs is 1. The Morgan fingerprint density at radius 1 is 0.821 bits per heavy atom. The lowest BCUT2D eigenvalue weighted by atomic mass is 10.0. The molecular formula is C59H66Cl2N7O14S2+. The Morgan fingerprint density at radius 2 is 1.39 bits per heavy atom. The lowest BCUT2D eigenvalue weighted by Gasteiger charge is -2.50. The van der Waals surface area contributed by atoms with E-state index in [9.17, 15) is 28.8 Å². The van der Waals surface area contributed by atoms with E-state index < -0.39 is 52.4 Å². The first kappa shape index (κ1) is 62.5. The fraction of sp³-hybridized carbons (Fsp3) is 0.390. The Morgan fingerprint density at radius 3 is 1.95 bits per heavy atom. The number of thioether (sulfide) groups is 1. The highest BCUT2D eigenvalue weighted by Gasteiger charge is 2.56. The van der Waals surface area contributed by atoms with E-state index in [2.05, 4.69) is 26.1 Å².